The van der Waals surface area contributed by atoms with Crippen LogP contribution in [0, 0.1) is 5.92 Å². The molecule has 0 aromatic carbocycles. The maximum absolute atomic E-state index is 6.69. The quantitative estimate of drug-likeness (QED) is 0.379. The minimum Gasteiger partial charge on any atom is -0.544 e. The van der Waals surface area contributed by atoms with Gasteiger partial charge in [0.1, 0.15) is 11.5 Å². The Morgan fingerprint density at radius 1 is 0.833 bits per heavy atom. The van der Waals surface area contributed by atoms with E-state index in [0.717, 1.165) is 11.5 Å². The van der Waals surface area contributed by atoms with Gasteiger partial charge in [0.25, 0.3) is 0 Å². The van der Waals surface area contributed by atoms with Gasteiger partial charge in [-0.3, -0.25) is 0 Å². The van der Waals surface area contributed by atoms with Gasteiger partial charge in [-0.15, -0.1) is 0 Å². The Bertz CT molecular complexity index is 490. The van der Waals surface area contributed by atoms with Crippen molar-refractivity contribution in [1.82, 2.24) is 0 Å². The zero-order chi connectivity index (χ0) is 18.5. The van der Waals surface area contributed by atoms with Crippen LogP contribution in [0.15, 0.2) is 22.7 Å². The standard InChI is InChI=1S/C20H40O2Si2/c1-10-12-14-23(6,7)21-19-17(4)16(3)18(5)20(19)22-24(8,9)15-13-11-2/h17H,10-15H2,1-9H3. The highest BCUT2D eigenvalue weighted by atomic mass is 28.4. The molecule has 0 aromatic rings. The van der Waals surface area contributed by atoms with Crippen molar-refractivity contribution in [3.8, 4) is 0 Å². The van der Waals surface area contributed by atoms with Gasteiger partial charge in [0.05, 0.1) is 0 Å². The summed E-state index contributed by atoms with van der Waals surface area (Å²) >= 11 is 0. The maximum Gasteiger partial charge on any atom is 0.245 e. The molecule has 0 aromatic heterocycles. The Hall–Kier alpha value is -0.486. The van der Waals surface area contributed by atoms with Crippen molar-refractivity contribution in [3.05, 3.63) is 22.7 Å². The topological polar surface area (TPSA) is 18.5 Å². The molecule has 0 heterocycles. The third-order valence-electron chi connectivity index (χ3n) is 5.23. The van der Waals surface area contributed by atoms with Crippen LogP contribution in [0.5, 0.6) is 0 Å². The molecule has 140 valence electrons. The van der Waals surface area contributed by atoms with E-state index in [2.05, 4.69) is 60.8 Å². The molecule has 0 radical (unpaired) electrons. The summed E-state index contributed by atoms with van der Waals surface area (Å²) in [6.45, 7) is 20.6. The summed E-state index contributed by atoms with van der Waals surface area (Å²) in [4.78, 5) is 0. The van der Waals surface area contributed by atoms with E-state index in [1.165, 1.54) is 48.9 Å². The van der Waals surface area contributed by atoms with Gasteiger partial charge in [0.2, 0.25) is 16.6 Å². The van der Waals surface area contributed by atoms with Crippen molar-refractivity contribution in [2.75, 3.05) is 0 Å². The van der Waals surface area contributed by atoms with E-state index in [9.17, 15) is 0 Å². The zero-order valence-corrected chi connectivity index (χ0v) is 19.6. The van der Waals surface area contributed by atoms with Crippen LogP contribution in [0.1, 0.15) is 60.3 Å². The van der Waals surface area contributed by atoms with Crippen LogP contribution in [0.3, 0.4) is 0 Å². The number of hydrogen-bond donors (Lipinski definition) is 0. The van der Waals surface area contributed by atoms with Gasteiger partial charge in [0, 0.05) is 5.92 Å². The lowest BCUT2D eigenvalue weighted by Crippen LogP contribution is -2.33. The predicted octanol–water partition coefficient (Wildman–Crippen LogP) is 7.23. The van der Waals surface area contributed by atoms with E-state index in [1.807, 2.05) is 0 Å². The molecule has 0 N–H and O–H groups in total. The molecule has 0 saturated carbocycles. The van der Waals surface area contributed by atoms with E-state index in [1.54, 1.807) is 0 Å². The number of hydrogen-bond acceptors (Lipinski definition) is 2. The summed E-state index contributed by atoms with van der Waals surface area (Å²) in [6.07, 6.45) is 5.00. The summed E-state index contributed by atoms with van der Waals surface area (Å²) in [5, 5.41) is 0. The van der Waals surface area contributed by atoms with Gasteiger partial charge in [-0.05, 0) is 57.7 Å². The molecule has 24 heavy (non-hydrogen) atoms. The molecule has 1 aliphatic carbocycles. The molecule has 2 nitrogen and oxygen atoms in total. The first-order valence-corrected chi connectivity index (χ1v) is 16.1. The third-order valence-corrected chi connectivity index (χ3v) is 9.87. The van der Waals surface area contributed by atoms with Crippen molar-refractivity contribution in [3.63, 3.8) is 0 Å². The molecule has 1 rings (SSSR count). The number of rotatable bonds is 10. The van der Waals surface area contributed by atoms with Crippen LogP contribution in [0.2, 0.25) is 38.3 Å². The van der Waals surface area contributed by atoms with Crippen molar-refractivity contribution < 1.29 is 8.85 Å². The molecule has 4 heteroatoms. The fraction of sp³-hybridized carbons (Fsp3) is 0.800. The fourth-order valence-corrected chi connectivity index (χ4v) is 7.51. The molecular formula is C20H40O2Si2. The minimum atomic E-state index is -1.69. The summed E-state index contributed by atoms with van der Waals surface area (Å²) in [6, 6.07) is 2.44. The second-order valence-electron chi connectivity index (χ2n) is 8.65. The first-order valence-electron chi connectivity index (χ1n) is 9.84. The van der Waals surface area contributed by atoms with E-state index < -0.39 is 16.6 Å². The SMILES string of the molecule is CCCC[Si](C)(C)OC1=C(O[Si](C)(C)CCCC)C(C)C(C)=C1C. The first-order chi connectivity index (χ1) is 11.0. The monoisotopic (exact) mass is 368 g/mol. The highest BCUT2D eigenvalue weighted by molar-refractivity contribution is 6.72. The minimum absolute atomic E-state index is 0.365. The lowest BCUT2D eigenvalue weighted by atomic mass is 10.0. The number of allylic oxidation sites excluding steroid dienone is 2. The Labute approximate surface area is 153 Å². The molecular weight excluding hydrogens is 328 g/mol. The summed E-state index contributed by atoms with van der Waals surface area (Å²) in [5.74, 6) is 2.59. The van der Waals surface area contributed by atoms with Crippen molar-refractivity contribution in [2.24, 2.45) is 5.92 Å². The predicted molar refractivity (Wildman–Crippen MR) is 111 cm³/mol. The van der Waals surface area contributed by atoms with E-state index in [0.29, 0.717) is 5.92 Å². The molecule has 1 aliphatic rings. The Balaban J connectivity index is 3.04. The van der Waals surface area contributed by atoms with Crippen LogP contribution in [0.25, 0.3) is 0 Å². The highest BCUT2D eigenvalue weighted by Gasteiger charge is 2.37. The van der Waals surface area contributed by atoms with Gasteiger partial charge in [-0.25, -0.2) is 0 Å². The Kier molecular flexibility index (Phi) is 7.86. The lowest BCUT2D eigenvalue weighted by Gasteiger charge is -2.31. The normalized spacial score (nSPS) is 19.3. The average molecular weight is 369 g/mol. The van der Waals surface area contributed by atoms with Crippen LogP contribution in [-0.4, -0.2) is 16.6 Å². The molecule has 0 bridgehead atoms. The Morgan fingerprint density at radius 2 is 1.29 bits per heavy atom. The van der Waals surface area contributed by atoms with E-state index in [4.69, 9.17) is 8.85 Å². The van der Waals surface area contributed by atoms with Crippen molar-refractivity contribution >= 4 is 16.6 Å². The smallest absolute Gasteiger partial charge is 0.245 e. The second-order valence-corrected chi connectivity index (χ2v) is 17.1. The molecule has 1 atom stereocenters. The van der Waals surface area contributed by atoms with E-state index >= 15 is 0 Å². The fourth-order valence-electron chi connectivity index (χ4n) is 3.22. The van der Waals surface area contributed by atoms with Crippen LogP contribution < -0.4 is 0 Å². The zero-order valence-electron chi connectivity index (χ0n) is 17.6. The van der Waals surface area contributed by atoms with Crippen molar-refractivity contribution in [2.45, 2.75) is 98.6 Å². The Morgan fingerprint density at radius 3 is 1.75 bits per heavy atom. The molecule has 0 amide bonds. The van der Waals surface area contributed by atoms with Gasteiger partial charge in [0.15, 0.2) is 0 Å². The van der Waals surface area contributed by atoms with Gasteiger partial charge in [-0.1, -0.05) is 52.0 Å². The molecule has 0 saturated heterocycles. The van der Waals surface area contributed by atoms with Crippen LogP contribution in [-0.2, 0) is 8.85 Å². The molecule has 0 aliphatic heterocycles. The van der Waals surface area contributed by atoms with Crippen LogP contribution >= 0.6 is 0 Å². The third kappa shape index (κ3) is 5.80. The first kappa shape index (κ1) is 21.6. The second kappa shape index (κ2) is 8.75. The lowest BCUT2D eigenvalue weighted by molar-refractivity contribution is 0.321. The summed E-state index contributed by atoms with van der Waals surface area (Å²) < 4.78 is 13.4. The molecule has 0 spiro atoms. The van der Waals surface area contributed by atoms with E-state index in [-0.39, 0.29) is 0 Å². The largest absolute Gasteiger partial charge is 0.544 e. The summed E-state index contributed by atoms with van der Waals surface area (Å²) in [7, 11) is -3.37. The molecule has 1 unspecified atom stereocenters. The van der Waals surface area contributed by atoms with Gasteiger partial charge >= 0.3 is 0 Å². The highest BCUT2D eigenvalue weighted by Crippen LogP contribution is 2.41. The maximum atomic E-state index is 6.69. The summed E-state index contributed by atoms with van der Waals surface area (Å²) in [5.41, 5.74) is 2.73. The molecule has 0 fully saturated rings. The number of unbranched alkanes of at least 4 members (excludes halogenated alkanes) is 2. The van der Waals surface area contributed by atoms with Gasteiger partial charge < -0.3 is 8.85 Å². The van der Waals surface area contributed by atoms with Crippen molar-refractivity contribution in [1.29, 1.82) is 0 Å². The van der Waals surface area contributed by atoms with Gasteiger partial charge in [-0.2, -0.15) is 0 Å². The average Bonchev–Trinajstić information content (AvgIpc) is 2.68. The van der Waals surface area contributed by atoms with Crippen LogP contribution in [0.4, 0.5) is 0 Å².